The first-order valence-electron chi connectivity index (χ1n) is 10.8. The Labute approximate surface area is 193 Å². The van der Waals surface area contributed by atoms with Gasteiger partial charge in [0.1, 0.15) is 18.0 Å². The number of nitrogens with zero attached hydrogens (tertiary/aromatic N) is 2. The van der Waals surface area contributed by atoms with Gasteiger partial charge in [-0.05, 0) is 86.9 Å². The van der Waals surface area contributed by atoms with Gasteiger partial charge >= 0.3 is 0 Å². The summed E-state index contributed by atoms with van der Waals surface area (Å²) in [6.07, 6.45) is 7.43. The zero-order valence-corrected chi connectivity index (χ0v) is 20.2. The normalized spacial score (nSPS) is 13.9. The Bertz CT molecular complexity index is 1210. The van der Waals surface area contributed by atoms with E-state index in [2.05, 4.69) is 32.7 Å². The summed E-state index contributed by atoms with van der Waals surface area (Å²) in [6.45, 7) is 4.86. The number of aryl methyl sites for hydroxylation is 2. The quantitative estimate of drug-likeness (QED) is 0.324. The molecule has 0 unspecified atom stereocenters. The van der Waals surface area contributed by atoms with E-state index in [9.17, 15) is 8.96 Å². The van der Waals surface area contributed by atoms with Gasteiger partial charge in [-0.25, -0.2) is 9.37 Å². The molecule has 1 aromatic heterocycles. The van der Waals surface area contributed by atoms with Crippen molar-refractivity contribution in [1.82, 2.24) is 9.97 Å². The summed E-state index contributed by atoms with van der Waals surface area (Å²) in [5.41, 5.74) is 4.58. The fraction of sp³-hybridized carbons (Fsp3) is 0.333. The van der Waals surface area contributed by atoms with Gasteiger partial charge in [0.2, 0.25) is 5.95 Å². The largest absolute Gasteiger partial charge is 0.338 e. The van der Waals surface area contributed by atoms with Crippen molar-refractivity contribution in [2.24, 2.45) is 0 Å². The minimum atomic E-state index is -2.76. The maximum atomic E-state index is 14.1. The number of nitrogens with one attached hydrogen (secondary N) is 2. The van der Waals surface area contributed by atoms with Gasteiger partial charge in [-0.3, -0.25) is 0 Å². The fourth-order valence-corrected chi connectivity index (χ4v) is 5.99. The summed E-state index contributed by atoms with van der Waals surface area (Å²) >= 11 is 6.34. The number of fused-ring (bicyclic) bond motifs is 1. The minimum absolute atomic E-state index is 0.312. The van der Waals surface area contributed by atoms with Crippen LogP contribution >= 0.6 is 18.7 Å². The molecule has 0 bridgehead atoms. The van der Waals surface area contributed by atoms with Gasteiger partial charge in [0.15, 0.2) is 5.82 Å². The second kappa shape index (κ2) is 9.21. The molecule has 2 N–H and O–H groups in total. The van der Waals surface area contributed by atoms with Crippen LogP contribution in [0.1, 0.15) is 36.0 Å². The topological polar surface area (TPSA) is 66.9 Å². The maximum absolute atomic E-state index is 14.1. The third-order valence-corrected chi connectivity index (χ3v) is 7.69. The predicted molar refractivity (Wildman–Crippen MR) is 132 cm³/mol. The molecule has 0 aliphatic heterocycles. The van der Waals surface area contributed by atoms with Crippen molar-refractivity contribution in [2.75, 3.05) is 24.0 Å². The fourth-order valence-electron chi connectivity index (χ4n) is 4.23. The summed E-state index contributed by atoms with van der Waals surface area (Å²) < 4.78 is 27.0. The Morgan fingerprint density at radius 2 is 1.78 bits per heavy atom. The summed E-state index contributed by atoms with van der Waals surface area (Å²) in [7, 11) is -2.76. The van der Waals surface area contributed by atoms with Crippen molar-refractivity contribution in [2.45, 2.75) is 39.0 Å². The van der Waals surface area contributed by atoms with Crippen LogP contribution in [0.25, 0.3) is 0 Å². The third kappa shape index (κ3) is 4.97. The van der Waals surface area contributed by atoms with E-state index in [-0.39, 0.29) is 0 Å². The van der Waals surface area contributed by atoms with Crippen molar-refractivity contribution in [3.8, 4) is 0 Å². The lowest BCUT2D eigenvalue weighted by molar-refractivity contribution is 0.587. The number of hydrogen-bond donors (Lipinski definition) is 2. The van der Waals surface area contributed by atoms with Gasteiger partial charge in [0.25, 0.3) is 0 Å². The second-order valence-electron chi connectivity index (χ2n) is 8.60. The molecule has 168 valence electrons. The number of aromatic nitrogens is 2. The predicted octanol–water partition coefficient (Wildman–Crippen LogP) is 6.58. The molecule has 0 saturated carbocycles. The average molecular weight is 473 g/mol. The van der Waals surface area contributed by atoms with Crippen molar-refractivity contribution in [1.29, 1.82) is 0 Å². The van der Waals surface area contributed by atoms with Crippen molar-refractivity contribution in [3.63, 3.8) is 0 Å². The van der Waals surface area contributed by atoms with E-state index in [4.69, 9.17) is 11.6 Å². The Morgan fingerprint density at radius 3 is 2.53 bits per heavy atom. The molecule has 0 atom stereocenters. The van der Waals surface area contributed by atoms with Crippen LogP contribution in [0.15, 0.2) is 36.5 Å². The molecule has 0 fully saturated rings. The molecule has 1 aliphatic rings. The molecule has 5 nitrogen and oxygen atoms in total. The molecule has 4 rings (SSSR count). The number of anilines is 4. The molecule has 32 heavy (non-hydrogen) atoms. The van der Waals surface area contributed by atoms with Crippen LogP contribution in [-0.2, 0) is 17.4 Å². The highest BCUT2D eigenvalue weighted by Crippen LogP contribution is 2.41. The second-order valence-corrected chi connectivity index (χ2v) is 12.2. The molecule has 0 radical (unpaired) electrons. The number of hydrogen-bond acceptors (Lipinski definition) is 5. The lowest BCUT2D eigenvalue weighted by Gasteiger charge is -2.18. The standard InChI is InChI=1S/C24H27ClFN4OP/c1-15-20(26)11-12-21(22(15)32(2,3)31)29-23-19(25)14-27-24(30-23)28-18-10-9-16-7-5-4-6-8-17(16)13-18/h9-14H,4-8H2,1-3H3,(H2,27,28,29,30). The maximum Gasteiger partial charge on any atom is 0.229 e. The monoisotopic (exact) mass is 472 g/mol. The van der Waals surface area contributed by atoms with Crippen LogP contribution in [0, 0.1) is 12.7 Å². The van der Waals surface area contributed by atoms with Gasteiger partial charge in [-0.2, -0.15) is 4.98 Å². The van der Waals surface area contributed by atoms with E-state index in [0.717, 1.165) is 18.5 Å². The number of rotatable bonds is 5. The highest BCUT2D eigenvalue weighted by molar-refractivity contribution is 7.70. The molecular weight excluding hydrogens is 446 g/mol. The van der Waals surface area contributed by atoms with E-state index in [1.165, 1.54) is 42.7 Å². The lowest BCUT2D eigenvalue weighted by Crippen LogP contribution is -2.16. The zero-order valence-electron chi connectivity index (χ0n) is 18.5. The van der Waals surface area contributed by atoms with Crippen LogP contribution in [0.5, 0.6) is 0 Å². The van der Waals surface area contributed by atoms with Crippen molar-refractivity contribution >= 4 is 47.2 Å². The Balaban J connectivity index is 1.63. The highest BCUT2D eigenvalue weighted by atomic mass is 35.5. The molecule has 2 aromatic carbocycles. The van der Waals surface area contributed by atoms with Gasteiger partial charge in [-0.15, -0.1) is 0 Å². The first-order chi connectivity index (χ1) is 15.2. The highest BCUT2D eigenvalue weighted by Gasteiger charge is 2.22. The molecule has 8 heteroatoms. The first-order valence-corrected chi connectivity index (χ1v) is 13.7. The van der Waals surface area contributed by atoms with Gasteiger partial charge in [-0.1, -0.05) is 24.1 Å². The van der Waals surface area contributed by atoms with E-state index in [0.29, 0.717) is 33.3 Å². The molecule has 0 amide bonds. The molecular formula is C24H27ClFN4OP. The van der Waals surface area contributed by atoms with Crippen LogP contribution in [0.3, 0.4) is 0 Å². The molecule has 1 heterocycles. The molecule has 3 aromatic rings. The van der Waals surface area contributed by atoms with E-state index >= 15 is 0 Å². The molecule has 0 spiro atoms. The Morgan fingerprint density at radius 1 is 1.03 bits per heavy atom. The third-order valence-electron chi connectivity index (χ3n) is 5.76. The van der Waals surface area contributed by atoms with E-state index in [1.54, 1.807) is 26.3 Å². The summed E-state index contributed by atoms with van der Waals surface area (Å²) in [4.78, 5) is 8.82. The SMILES string of the molecule is Cc1c(F)ccc(Nc2nc(Nc3ccc4c(c3)CCCCC4)ncc2Cl)c1P(C)(C)=O. The summed E-state index contributed by atoms with van der Waals surface area (Å²) in [6, 6.07) is 9.29. The van der Waals surface area contributed by atoms with Crippen molar-refractivity contribution in [3.05, 3.63) is 64.1 Å². The van der Waals surface area contributed by atoms with Gasteiger partial charge < -0.3 is 15.2 Å². The smallest absolute Gasteiger partial charge is 0.229 e. The molecule has 1 aliphatic carbocycles. The summed E-state index contributed by atoms with van der Waals surface area (Å²) in [5.74, 6) is 0.357. The molecule has 0 saturated heterocycles. The van der Waals surface area contributed by atoms with Crippen LogP contribution in [0.4, 0.5) is 27.5 Å². The number of benzene rings is 2. The summed E-state index contributed by atoms with van der Waals surface area (Å²) in [5, 5.41) is 7.16. The van der Waals surface area contributed by atoms with Crippen LogP contribution in [-0.4, -0.2) is 23.3 Å². The van der Waals surface area contributed by atoms with E-state index in [1.807, 2.05) is 6.07 Å². The average Bonchev–Trinajstić information content (AvgIpc) is 2.97. The Kier molecular flexibility index (Phi) is 6.55. The van der Waals surface area contributed by atoms with Gasteiger partial charge in [0, 0.05) is 11.0 Å². The van der Waals surface area contributed by atoms with Crippen molar-refractivity contribution < 1.29 is 8.96 Å². The van der Waals surface area contributed by atoms with E-state index < -0.39 is 13.0 Å². The minimum Gasteiger partial charge on any atom is -0.338 e. The van der Waals surface area contributed by atoms with Crippen LogP contribution < -0.4 is 15.9 Å². The van der Waals surface area contributed by atoms with Gasteiger partial charge in [0.05, 0.1) is 11.9 Å². The number of halogens is 2. The first kappa shape index (κ1) is 22.8. The Hall–Kier alpha value is -2.43. The lowest BCUT2D eigenvalue weighted by atomic mass is 10.0. The zero-order chi connectivity index (χ0) is 22.9. The van der Waals surface area contributed by atoms with Crippen LogP contribution in [0.2, 0.25) is 5.02 Å².